The number of nitrogens with two attached hydrogens (primary N) is 1. The van der Waals surface area contributed by atoms with Gasteiger partial charge in [0.1, 0.15) is 0 Å². The average molecular weight is 405 g/mol. The summed E-state index contributed by atoms with van der Waals surface area (Å²) in [7, 11) is 4.81. The number of hydrogen-bond donors (Lipinski definition) is 1. The summed E-state index contributed by atoms with van der Waals surface area (Å²) in [5.41, 5.74) is 7.93. The number of nitrogen functional groups attached to an aromatic ring is 1. The molecule has 2 rings (SSSR count). The third-order valence-corrected chi connectivity index (χ3v) is 2.73. The molecule has 0 fully saturated rings. The van der Waals surface area contributed by atoms with Crippen LogP contribution in [0, 0.1) is 6.92 Å². The van der Waals surface area contributed by atoms with Crippen LogP contribution < -0.4 is 5.73 Å². The molecule has 0 aliphatic heterocycles. The number of halogens is 5. The molecule has 0 radical (unpaired) electrons. The van der Waals surface area contributed by atoms with Gasteiger partial charge in [-0.25, -0.2) is 0 Å². The van der Waals surface area contributed by atoms with Crippen LogP contribution in [0.15, 0.2) is 18.2 Å². The van der Waals surface area contributed by atoms with Crippen LogP contribution in [0.5, 0.6) is 0 Å². The monoisotopic (exact) mass is 404 g/mol. The molecular formula is C12H13Cl2F3N4O2S. The number of nitrogens with zero attached hydrogens (tertiary/aromatic N) is 3. The van der Waals surface area contributed by atoms with Crippen molar-refractivity contribution in [1.29, 1.82) is 0 Å². The van der Waals surface area contributed by atoms with Crippen molar-refractivity contribution in [3.8, 4) is 5.69 Å². The minimum absolute atomic E-state index is 0.272. The van der Waals surface area contributed by atoms with Crippen LogP contribution >= 0.6 is 21.4 Å². The van der Waals surface area contributed by atoms with Crippen LogP contribution in [0.25, 0.3) is 5.69 Å². The van der Waals surface area contributed by atoms with Gasteiger partial charge in [-0.1, -0.05) is 24.6 Å². The van der Waals surface area contributed by atoms with Crippen LogP contribution in [-0.2, 0) is 20.9 Å². The zero-order valence-electron chi connectivity index (χ0n) is 12.5. The minimum atomic E-state index is -4.60. The highest BCUT2D eigenvalue weighted by Gasteiger charge is 2.37. The van der Waals surface area contributed by atoms with Gasteiger partial charge in [-0.3, -0.25) is 0 Å². The molecule has 0 unspecified atom stereocenters. The number of benzene rings is 1. The van der Waals surface area contributed by atoms with Gasteiger partial charge in [-0.15, -0.1) is 5.10 Å². The highest BCUT2D eigenvalue weighted by Crippen LogP contribution is 2.28. The number of aryl methyl sites for hydroxylation is 2. The molecule has 1 aromatic heterocycles. The third kappa shape index (κ3) is 6.17. The molecular weight excluding hydrogens is 392 g/mol. The van der Waals surface area contributed by atoms with Crippen LogP contribution in [0.4, 0.5) is 19.1 Å². The molecule has 1 heterocycles. The Morgan fingerprint density at radius 1 is 1.29 bits per heavy atom. The number of hydrogen-bond acceptors (Lipinski definition) is 5. The molecule has 6 nitrogen and oxygen atoms in total. The molecule has 0 saturated heterocycles. The first-order valence-electron chi connectivity index (χ1n) is 6.36. The van der Waals surface area contributed by atoms with E-state index in [4.69, 9.17) is 14.2 Å². The Hall–Kier alpha value is -1.52. The highest BCUT2D eigenvalue weighted by molar-refractivity contribution is 8.31. The van der Waals surface area contributed by atoms with E-state index in [2.05, 4.69) is 31.4 Å². The van der Waals surface area contributed by atoms with E-state index in [1.54, 1.807) is 12.1 Å². The predicted octanol–water partition coefficient (Wildman–Crippen LogP) is 3.45. The molecule has 0 spiro atoms. The van der Waals surface area contributed by atoms with Gasteiger partial charge in [0.15, 0.2) is 0 Å². The largest absolute Gasteiger partial charge is 0.453 e. The summed E-state index contributed by atoms with van der Waals surface area (Å²) in [5.74, 6) is -1.50. The first kappa shape index (κ1) is 20.5. The van der Waals surface area contributed by atoms with E-state index in [1.165, 1.54) is 0 Å². The van der Waals surface area contributed by atoms with Gasteiger partial charge in [0.05, 0.1) is 5.69 Å². The molecule has 0 bridgehead atoms. The smallest absolute Gasteiger partial charge is 0.368 e. The van der Waals surface area contributed by atoms with Crippen molar-refractivity contribution in [2.45, 2.75) is 26.4 Å². The fourth-order valence-corrected chi connectivity index (χ4v) is 1.83. The lowest BCUT2D eigenvalue weighted by Gasteiger charge is -2.09. The summed E-state index contributed by atoms with van der Waals surface area (Å²) >= 11 is 0. The van der Waals surface area contributed by atoms with Crippen LogP contribution in [-0.4, -0.2) is 23.2 Å². The minimum Gasteiger partial charge on any atom is -0.368 e. The van der Waals surface area contributed by atoms with Gasteiger partial charge >= 0.3 is 14.4 Å². The molecule has 2 N–H and O–H groups in total. The van der Waals surface area contributed by atoms with Gasteiger partial charge in [-0.2, -0.15) is 31.3 Å². The summed E-state index contributed by atoms with van der Waals surface area (Å²) in [4.78, 5) is 3.26. The van der Waals surface area contributed by atoms with Crippen molar-refractivity contribution in [1.82, 2.24) is 14.8 Å². The number of aromatic nitrogens is 3. The molecule has 2 aromatic rings. The number of alkyl halides is 3. The SMILES string of the molecule is CCc1cc(C)ccc1-n1nc(C(F)(F)F)nc1N.O=S(=O)(Cl)Cl. The van der Waals surface area contributed by atoms with E-state index < -0.39 is 20.3 Å². The van der Waals surface area contributed by atoms with Crippen LogP contribution in [0.1, 0.15) is 23.9 Å². The maximum atomic E-state index is 12.5. The lowest BCUT2D eigenvalue weighted by atomic mass is 10.1. The van der Waals surface area contributed by atoms with Gasteiger partial charge < -0.3 is 5.73 Å². The Labute approximate surface area is 145 Å². The number of anilines is 1. The third-order valence-electron chi connectivity index (χ3n) is 2.73. The van der Waals surface area contributed by atoms with Gasteiger partial charge in [-0.05, 0) is 25.0 Å². The molecule has 12 heteroatoms. The molecule has 0 aliphatic rings. The molecule has 24 heavy (non-hydrogen) atoms. The molecule has 0 amide bonds. The van der Waals surface area contributed by atoms with Gasteiger partial charge in [0.25, 0.3) is 5.82 Å². The van der Waals surface area contributed by atoms with E-state index in [0.717, 1.165) is 15.8 Å². The molecule has 134 valence electrons. The van der Waals surface area contributed by atoms with E-state index in [9.17, 15) is 13.2 Å². The Balaban J connectivity index is 0.000000505. The van der Waals surface area contributed by atoms with Crippen LogP contribution in [0.3, 0.4) is 0 Å². The lowest BCUT2D eigenvalue weighted by molar-refractivity contribution is -0.144. The van der Waals surface area contributed by atoms with E-state index in [-0.39, 0.29) is 5.95 Å². The zero-order chi connectivity index (χ0) is 18.7. The maximum absolute atomic E-state index is 12.5. The van der Waals surface area contributed by atoms with Crippen molar-refractivity contribution in [2.75, 3.05) is 5.73 Å². The fourth-order valence-electron chi connectivity index (χ4n) is 1.83. The molecule has 0 saturated carbocycles. The quantitative estimate of drug-likeness (QED) is 0.773. The van der Waals surface area contributed by atoms with Crippen molar-refractivity contribution >= 4 is 35.6 Å². The second-order valence-corrected chi connectivity index (χ2v) is 8.24. The second-order valence-electron chi connectivity index (χ2n) is 4.57. The normalized spacial score (nSPS) is 11.8. The molecule has 0 aliphatic carbocycles. The standard InChI is InChI=1S/C12H13F3N4.Cl2O2S/c1-3-8-6-7(2)4-5-9(8)19-11(16)17-10(18-19)12(13,14)15;1-5(2,3)4/h4-6H,3H2,1-2H3,(H2,16,17,18);. The summed E-state index contributed by atoms with van der Waals surface area (Å²) in [6.45, 7) is 3.82. The molecule has 0 atom stereocenters. The van der Waals surface area contributed by atoms with Gasteiger partial charge in [0, 0.05) is 21.4 Å². The lowest BCUT2D eigenvalue weighted by Crippen LogP contribution is -2.09. The molecule has 1 aromatic carbocycles. The summed E-state index contributed by atoms with van der Waals surface area (Å²) < 4.78 is 57.0. The fraction of sp³-hybridized carbons (Fsp3) is 0.333. The zero-order valence-corrected chi connectivity index (χ0v) is 14.8. The Morgan fingerprint density at radius 2 is 1.83 bits per heavy atom. The van der Waals surface area contributed by atoms with Crippen molar-refractivity contribution in [3.05, 3.63) is 35.2 Å². The van der Waals surface area contributed by atoms with Gasteiger partial charge in [0.2, 0.25) is 5.95 Å². The second kappa shape index (κ2) is 7.58. The van der Waals surface area contributed by atoms with E-state index >= 15 is 0 Å². The van der Waals surface area contributed by atoms with Crippen molar-refractivity contribution in [3.63, 3.8) is 0 Å². The van der Waals surface area contributed by atoms with Crippen LogP contribution in [0.2, 0.25) is 0 Å². The topological polar surface area (TPSA) is 90.9 Å². The number of rotatable bonds is 2. The first-order chi connectivity index (χ1) is 10.8. The van der Waals surface area contributed by atoms with Crippen molar-refractivity contribution in [2.24, 2.45) is 0 Å². The average Bonchev–Trinajstić information content (AvgIpc) is 2.78. The van der Waals surface area contributed by atoms with E-state index in [1.807, 2.05) is 19.9 Å². The summed E-state index contributed by atoms with van der Waals surface area (Å²) in [6, 6.07) is 5.38. The Morgan fingerprint density at radius 3 is 2.25 bits per heavy atom. The van der Waals surface area contributed by atoms with Crippen molar-refractivity contribution < 1.29 is 21.6 Å². The summed E-state index contributed by atoms with van der Waals surface area (Å²) in [6.07, 6.45) is -3.94. The maximum Gasteiger partial charge on any atom is 0.453 e. The highest BCUT2D eigenvalue weighted by atomic mass is 36.0. The Kier molecular flexibility index (Phi) is 6.48. The Bertz CT molecular complexity index is 814. The first-order valence-corrected chi connectivity index (χ1v) is 9.50. The van der Waals surface area contributed by atoms with E-state index in [0.29, 0.717) is 12.1 Å². The summed E-state index contributed by atoms with van der Waals surface area (Å²) in [5, 5.41) is 3.45. The predicted molar refractivity (Wildman–Crippen MR) is 85.5 cm³/mol.